The van der Waals surface area contributed by atoms with Gasteiger partial charge >= 0.3 is 0 Å². The first kappa shape index (κ1) is 8.89. The molecular formula is C8H10FPS. The molecule has 0 aliphatic rings. The first-order valence-electron chi connectivity index (χ1n) is 3.31. The van der Waals surface area contributed by atoms with Crippen molar-refractivity contribution in [2.24, 2.45) is 0 Å². The van der Waals surface area contributed by atoms with Gasteiger partial charge in [0, 0.05) is 0 Å². The molecule has 0 amide bonds. The van der Waals surface area contributed by atoms with Crippen molar-refractivity contribution in [3.63, 3.8) is 0 Å². The molecule has 11 heavy (non-hydrogen) atoms. The molecule has 0 nitrogen and oxygen atoms in total. The van der Waals surface area contributed by atoms with Crippen LogP contribution in [0, 0.1) is 5.82 Å². The van der Waals surface area contributed by atoms with Crippen LogP contribution in [0.25, 0.3) is 0 Å². The molecule has 0 spiro atoms. The molecule has 0 N–H and O–H groups in total. The number of rotatable bonds is 1. The average Bonchev–Trinajstić information content (AvgIpc) is 1.86. The molecule has 1 rings (SSSR count). The summed E-state index contributed by atoms with van der Waals surface area (Å²) in [6.07, 6.45) is 0. The molecule has 0 atom stereocenters. The van der Waals surface area contributed by atoms with E-state index in [1.807, 2.05) is 19.4 Å². The van der Waals surface area contributed by atoms with E-state index < -0.39 is 6.04 Å². The van der Waals surface area contributed by atoms with Crippen molar-refractivity contribution in [1.29, 1.82) is 0 Å². The van der Waals surface area contributed by atoms with E-state index in [-0.39, 0.29) is 5.82 Å². The Hall–Kier alpha value is -0.200. The smallest absolute Gasteiger partial charge is 0.123 e. The van der Waals surface area contributed by atoms with E-state index in [0.29, 0.717) is 0 Å². The Balaban J connectivity index is 3.17. The van der Waals surface area contributed by atoms with Crippen LogP contribution < -0.4 is 5.30 Å². The van der Waals surface area contributed by atoms with Crippen LogP contribution in [-0.2, 0) is 11.8 Å². The van der Waals surface area contributed by atoms with Crippen molar-refractivity contribution >= 4 is 23.1 Å². The Morgan fingerprint density at radius 2 is 2.00 bits per heavy atom. The molecule has 0 bridgehead atoms. The van der Waals surface area contributed by atoms with Crippen LogP contribution in [0.1, 0.15) is 0 Å². The summed E-state index contributed by atoms with van der Waals surface area (Å²) in [6, 6.07) is 5.12. The first-order chi connectivity index (χ1) is 5.00. The van der Waals surface area contributed by atoms with E-state index in [9.17, 15) is 4.39 Å². The highest BCUT2D eigenvalue weighted by Gasteiger charge is 2.05. The van der Waals surface area contributed by atoms with Gasteiger partial charge in [0.2, 0.25) is 0 Å². The molecule has 0 aliphatic carbocycles. The van der Waals surface area contributed by atoms with Crippen LogP contribution >= 0.6 is 6.04 Å². The number of benzene rings is 1. The zero-order valence-electron chi connectivity index (χ0n) is 6.54. The summed E-state index contributed by atoms with van der Waals surface area (Å²) in [6.45, 7) is 3.99. The average molecular weight is 188 g/mol. The Kier molecular flexibility index (Phi) is 2.46. The molecule has 1 aromatic carbocycles. The Labute approximate surface area is 71.4 Å². The maximum Gasteiger partial charge on any atom is 0.123 e. The highest BCUT2D eigenvalue weighted by Crippen LogP contribution is 2.34. The largest absolute Gasteiger partial charge is 0.207 e. The lowest BCUT2D eigenvalue weighted by atomic mass is 10.4. The number of halogens is 1. The Morgan fingerprint density at radius 3 is 2.36 bits per heavy atom. The van der Waals surface area contributed by atoms with Gasteiger partial charge in [-0.05, 0) is 36.8 Å². The van der Waals surface area contributed by atoms with Gasteiger partial charge in [0.25, 0.3) is 0 Å². The van der Waals surface area contributed by atoms with Gasteiger partial charge in [0.05, 0.1) is 0 Å². The third kappa shape index (κ3) is 2.39. The van der Waals surface area contributed by atoms with Crippen LogP contribution in [0.15, 0.2) is 24.3 Å². The zero-order chi connectivity index (χ0) is 8.48. The van der Waals surface area contributed by atoms with Crippen LogP contribution in [0.2, 0.25) is 0 Å². The SMILES string of the molecule is CP(C)(=S)c1cccc(F)c1. The Bertz CT molecular complexity index is 303. The van der Waals surface area contributed by atoms with Crippen molar-refractivity contribution in [2.75, 3.05) is 13.3 Å². The lowest BCUT2D eigenvalue weighted by Crippen LogP contribution is -2.02. The summed E-state index contributed by atoms with van der Waals surface area (Å²) >= 11 is 5.26. The molecule has 0 fully saturated rings. The second-order valence-electron chi connectivity index (χ2n) is 2.83. The van der Waals surface area contributed by atoms with Crippen LogP contribution in [0.3, 0.4) is 0 Å². The van der Waals surface area contributed by atoms with E-state index in [1.165, 1.54) is 12.1 Å². The van der Waals surface area contributed by atoms with Crippen molar-refractivity contribution in [3.8, 4) is 0 Å². The van der Waals surface area contributed by atoms with Crippen molar-refractivity contribution in [1.82, 2.24) is 0 Å². The molecule has 1 aromatic rings. The molecule has 0 saturated carbocycles. The monoisotopic (exact) mass is 188 g/mol. The number of hydrogen-bond acceptors (Lipinski definition) is 1. The van der Waals surface area contributed by atoms with Gasteiger partial charge < -0.3 is 0 Å². The summed E-state index contributed by atoms with van der Waals surface area (Å²) < 4.78 is 12.7. The summed E-state index contributed by atoms with van der Waals surface area (Å²) in [5.41, 5.74) is 0. The normalized spacial score (nSPS) is 11.5. The van der Waals surface area contributed by atoms with E-state index in [1.54, 1.807) is 6.07 Å². The van der Waals surface area contributed by atoms with Gasteiger partial charge in [-0.15, -0.1) is 0 Å². The molecule has 3 heteroatoms. The highest BCUT2D eigenvalue weighted by molar-refractivity contribution is 8.17. The third-order valence-corrected chi connectivity index (χ3v) is 3.58. The first-order valence-corrected chi connectivity index (χ1v) is 7.01. The second-order valence-corrected chi connectivity index (χ2v) is 8.79. The number of hydrogen-bond donors (Lipinski definition) is 0. The van der Waals surface area contributed by atoms with E-state index >= 15 is 0 Å². The molecule has 0 heterocycles. The minimum atomic E-state index is -1.45. The predicted octanol–water partition coefficient (Wildman–Crippen LogP) is 2.19. The van der Waals surface area contributed by atoms with E-state index in [0.717, 1.165) is 5.30 Å². The second kappa shape index (κ2) is 3.04. The van der Waals surface area contributed by atoms with Gasteiger partial charge in [0.15, 0.2) is 0 Å². The quantitative estimate of drug-likeness (QED) is 0.609. The summed E-state index contributed by atoms with van der Waals surface area (Å²) in [7, 11) is 0. The summed E-state index contributed by atoms with van der Waals surface area (Å²) in [4.78, 5) is 0. The zero-order valence-corrected chi connectivity index (χ0v) is 8.25. The van der Waals surface area contributed by atoms with Crippen LogP contribution in [-0.4, -0.2) is 13.3 Å². The molecule has 0 aromatic heterocycles. The van der Waals surface area contributed by atoms with Gasteiger partial charge in [-0.25, -0.2) is 4.39 Å². The van der Waals surface area contributed by atoms with E-state index in [4.69, 9.17) is 11.8 Å². The minimum absolute atomic E-state index is 0.194. The van der Waals surface area contributed by atoms with Crippen molar-refractivity contribution < 1.29 is 4.39 Å². The fourth-order valence-electron chi connectivity index (χ4n) is 0.811. The fraction of sp³-hybridized carbons (Fsp3) is 0.250. The summed E-state index contributed by atoms with van der Waals surface area (Å²) in [5, 5.41) is 0.965. The summed E-state index contributed by atoms with van der Waals surface area (Å²) in [5.74, 6) is -0.194. The van der Waals surface area contributed by atoms with Gasteiger partial charge in [-0.1, -0.05) is 23.9 Å². The third-order valence-electron chi connectivity index (χ3n) is 1.43. The Morgan fingerprint density at radius 1 is 1.36 bits per heavy atom. The molecule has 0 radical (unpaired) electrons. The lowest BCUT2D eigenvalue weighted by molar-refractivity contribution is 0.629. The minimum Gasteiger partial charge on any atom is -0.207 e. The lowest BCUT2D eigenvalue weighted by Gasteiger charge is -2.09. The topological polar surface area (TPSA) is 0 Å². The molecule has 0 aliphatic heterocycles. The van der Waals surface area contributed by atoms with Crippen molar-refractivity contribution in [3.05, 3.63) is 30.1 Å². The van der Waals surface area contributed by atoms with Crippen molar-refractivity contribution in [2.45, 2.75) is 0 Å². The van der Waals surface area contributed by atoms with Gasteiger partial charge in [-0.3, -0.25) is 0 Å². The molecule has 0 saturated heterocycles. The van der Waals surface area contributed by atoms with Gasteiger partial charge in [0.1, 0.15) is 5.82 Å². The molecule has 60 valence electrons. The maximum atomic E-state index is 12.7. The molecular weight excluding hydrogens is 178 g/mol. The van der Waals surface area contributed by atoms with Crippen LogP contribution in [0.5, 0.6) is 0 Å². The van der Waals surface area contributed by atoms with E-state index in [2.05, 4.69) is 0 Å². The van der Waals surface area contributed by atoms with Gasteiger partial charge in [-0.2, -0.15) is 0 Å². The maximum absolute atomic E-state index is 12.7. The standard InChI is InChI=1S/C8H10FPS/c1-10(2,11)8-5-3-4-7(9)6-8/h3-6H,1-2H3. The van der Waals surface area contributed by atoms with Crippen LogP contribution in [0.4, 0.5) is 4.39 Å². The predicted molar refractivity (Wildman–Crippen MR) is 52.2 cm³/mol. The fourth-order valence-corrected chi connectivity index (χ4v) is 2.03. The highest BCUT2D eigenvalue weighted by atomic mass is 32.4. The molecule has 0 unspecified atom stereocenters.